The van der Waals surface area contributed by atoms with Crippen LogP contribution in [-0.4, -0.2) is 35.4 Å². The highest BCUT2D eigenvalue weighted by Crippen LogP contribution is 2.14. The van der Waals surface area contributed by atoms with Crippen molar-refractivity contribution in [2.24, 2.45) is 0 Å². The van der Waals surface area contributed by atoms with E-state index in [1.54, 1.807) is 12.1 Å². The van der Waals surface area contributed by atoms with Gasteiger partial charge < -0.3 is 15.4 Å². The molecule has 1 amide bonds. The molecule has 0 aliphatic carbocycles. The number of nitrogens with one attached hydrogen (secondary N) is 2. The van der Waals surface area contributed by atoms with Crippen LogP contribution in [0.3, 0.4) is 0 Å². The molecule has 0 spiro atoms. The van der Waals surface area contributed by atoms with Gasteiger partial charge in [-0.3, -0.25) is 4.79 Å². The fourth-order valence-corrected chi connectivity index (χ4v) is 2.59. The van der Waals surface area contributed by atoms with Gasteiger partial charge in [-0.15, -0.1) is 10.2 Å². The molecule has 0 saturated carbocycles. The number of hydrogen-bond acceptors (Lipinski definition) is 5. The summed E-state index contributed by atoms with van der Waals surface area (Å²) in [7, 11) is 0. The van der Waals surface area contributed by atoms with E-state index in [1.807, 2.05) is 32.0 Å². The minimum atomic E-state index is -0.188. The summed E-state index contributed by atoms with van der Waals surface area (Å²) < 4.78 is 5.55. The number of amides is 1. The van der Waals surface area contributed by atoms with Gasteiger partial charge in [0, 0.05) is 18.7 Å². The number of rotatable bonds is 5. The van der Waals surface area contributed by atoms with Gasteiger partial charge in [0.25, 0.3) is 5.91 Å². The Labute approximate surface area is 141 Å². The maximum Gasteiger partial charge on any atom is 0.256 e. The van der Waals surface area contributed by atoms with Crippen LogP contribution in [0.15, 0.2) is 30.3 Å². The number of anilines is 2. The molecule has 1 fully saturated rings. The predicted octanol–water partition coefficient (Wildman–Crippen LogP) is 2.94. The fourth-order valence-electron chi connectivity index (χ4n) is 2.59. The second-order valence-electron chi connectivity index (χ2n) is 6.07. The summed E-state index contributed by atoms with van der Waals surface area (Å²) in [5.41, 5.74) is 2.86. The highest BCUT2D eigenvalue weighted by molar-refractivity contribution is 6.03. The number of ether oxygens (including phenoxy) is 1. The van der Waals surface area contributed by atoms with Gasteiger partial charge in [0.15, 0.2) is 5.82 Å². The summed E-state index contributed by atoms with van der Waals surface area (Å²) in [6, 6.07) is 9.16. The monoisotopic (exact) mass is 326 g/mol. The van der Waals surface area contributed by atoms with E-state index >= 15 is 0 Å². The standard InChI is InChI=1S/C18H22N4O2/c1-12-5-6-14(10-13(12)2)18(23)20-17-8-7-16(21-22-17)19-11-15-4-3-9-24-15/h5-8,10,15H,3-4,9,11H2,1-2H3,(H,19,21)(H,20,22,23). The second-order valence-corrected chi connectivity index (χ2v) is 6.07. The Morgan fingerprint density at radius 1 is 1.17 bits per heavy atom. The highest BCUT2D eigenvalue weighted by atomic mass is 16.5. The molecule has 2 heterocycles. The van der Waals surface area contributed by atoms with Crippen molar-refractivity contribution >= 4 is 17.5 Å². The summed E-state index contributed by atoms with van der Waals surface area (Å²) in [5, 5.41) is 14.1. The molecule has 1 atom stereocenters. The molecule has 1 aromatic heterocycles. The molecule has 2 aromatic rings. The number of carbonyl (C=O) groups excluding carboxylic acids is 1. The van der Waals surface area contributed by atoms with E-state index < -0.39 is 0 Å². The van der Waals surface area contributed by atoms with Crippen molar-refractivity contribution in [1.29, 1.82) is 0 Å². The average molecular weight is 326 g/mol. The Morgan fingerprint density at radius 2 is 1.96 bits per heavy atom. The van der Waals surface area contributed by atoms with Crippen molar-refractivity contribution in [3.8, 4) is 0 Å². The van der Waals surface area contributed by atoms with Gasteiger partial charge in [-0.1, -0.05) is 6.07 Å². The third-order valence-electron chi connectivity index (χ3n) is 4.21. The molecule has 24 heavy (non-hydrogen) atoms. The summed E-state index contributed by atoms with van der Waals surface area (Å²) in [4.78, 5) is 12.3. The lowest BCUT2D eigenvalue weighted by atomic mass is 10.1. The largest absolute Gasteiger partial charge is 0.376 e. The topological polar surface area (TPSA) is 76.1 Å². The van der Waals surface area contributed by atoms with Crippen LogP contribution in [0.4, 0.5) is 11.6 Å². The van der Waals surface area contributed by atoms with Crippen molar-refractivity contribution in [2.45, 2.75) is 32.8 Å². The first-order valence-corrected chi connectivity index (χ1v) is 8.19. The zero-order valence-corrected chi connectivity index (χ0v) is 14.0. The van der Waals surface area contributed by atoms with Gasteiger partial charge >= 0.3 is 0 Å². The van der Waals surface area contributed by atoms with Crippen LogP contribution < -0.4 is 10.6 Å². The van der Waals surface area contributed by atoms with E-state index in [1.165, 1.54) is 0 Å². The maximum absolute atomic E-state index is 12.3. The molecular weight excluding hydrogens is 304 g/mol. The summed E-state index contributed by atoms with van der Waals surface area (Å²) >= 11 is 0. The molecule has 6 nitrogen and oxygen atoms in total. The van der Waals surface area contributed by atoms with Crippen LogP contribution in [0.25, 0.3) is 0 Å². The van der Waals surface area contributed by atoms with E-state index in [4.69, 9.17) is 4.74 Å². The third kappa shape index (κ3) is 4.08. The Hall–Kier alpha value is -2.47. The normalized spacial score (nSPS) is 16.8. The molecule has 0 bridgehead atoms. The van der Waals surface area contributed by atoms with Crippen LogP contribution >= 0.6 is 0 Å². The quantitative estimate of drug-likeness (QED) is 0.883. The summed E-state index contributed by atoms with van der Waals surface area (Å²) in [6.07, 6.45) is 2.43. The van der Waals surface area contributed by atoms with Crippen LogP contribution in [0, 0.1) is 13.8 Å². The van der Waals surface area contributed by atoms with Crippen LogP contribution in [0.2, 0.25) is 0 Å². The lowest BCUT2D eigenvalue weighted by molar-refractivity contribution is 0.102. The Balaban J connectivity index is 1.56. The second kappa shape index (κ2) is 7.40. The number of nitrogens with zero attached hydrogens (tertiary/aromatic N) is 2. The van der Waals surface area contributed by atoms with Gasteiger partial charge in [-0.2, -0.15) is 0 Å². The lowest BCUT2D eigenvalue weighted by Gasteiger charge is -2.11. The van der Waals surface area contributed by atoms with Gasteiger partial charge in [-0.25, -0.2) is 0 Å². The van der Waals surface area contributed by atoms with E-state index in [0.717, 1.165) is 37.1 Å². The molecular formula is C18H22N4O2. The maximum atomic E-state index is 12.3. The average Bonchev–Trinajstić information content (AvgIpc) is 3.10. The Bertz CT molecular complexity index is 709. The van der Waals surface area contributed by atoms with Gasteiger partial charge in [0.05, 0.1) is 6.10 Å². The minimum absolute atomic E-state index is 0.188. The highest BCUT2D eigenvalue weighted by Gasteiger charge is 2.15. The van der Waals surface area contributed by atoms with E-state index in [-0.39, 0.29) is 12.0 Å². The number of hydrogen-bond donors (Lipinski definition) is 2. The van der Waals surface area contributed by atoms with Crippen molar-refractivity contribution < 1.29 is 9.53 Å². The Kier molecular flexibility index (Phi) is 5.05. The van der Waals surface area contributed by atoms with Crippen LogP contribution in [0.5, 0.6) is 0 Å². The molecule has 126 valence electrons. The molecule has 0 radical (unpaired) electrons. The predicted molar refractivity (Wildman–Crippen MR) is 93.4 cm³/mol. The van der Waals surface area contributed by atoms with Crippen molar-refractivity contribution in [1.82, 2.24) is 10.2 Å². The molecule has 1 unspecified atom stereocenters. The third-order valence-corrected chi connectivity index (χ3v) is 4.21. The molecule has 6 heteroatoms. The Morgan fingerprint density at radius 3 is 2.62 bits per heavy atom. The smallest absolute Gasteiger partial charge is 0.256 e. The van der Waals surface area contributed by atoms with Crippen LogP contribution in [-0.2, 0) is 4.74 Å². The van der Waals surface area contributed by atoms with E-state index in [2.05, 4.69) is 20.8 Å². The first-order valence-electron chi connectivity index (χ1n) is 8.19. The zero-order chi connectivity index (χ0) is 16.9. The van der Waals surface area contributed by atoms with Gasteiger partial charge in [-0.05, 0) is 62.1 Å². The van der Waals surface area contributed by atoms with Crippen molar-refractivity contribution in [2.75, 3.05) is 23.8 Å². The SMILES string of the molecule is Cc1ccc(C(=O)Nc2ccc(NCC3CCCO3)nn2)cc1C. The zero-order valence-electron chi connectivity index (χ0n) is 14.0. The molecule has 1 aliphatic rings. The van der Waals surface area contributed by atoms with Crippen LogP contribution in [0.1, 0.15) is 34.3 Å². The first-order chi connectivity index (χ1) is 11.6. The van der Waals surface area contributed by atoms with Gasteiger partial charge in [0.2, 0.25) is 0 Å². The number of aromatic nitrogens is 2. The number of aryl methyl sites for hydroxylation is 2. The summed E-state index contributed by atoms with van der Waals surface area (Å²) in [5.74, 6) is 0.919. The van der Waals surface area contributed by atoms with E-state index in [9.17, 15) is 4.79 Å². The summed E-state index contributed by atoms with van der Waals surface area (Å²) in [6.45, 7) is 5.57. The first kappa shape index (κ1) is 16.4. The molecule has 2 N–H and O–H groups in total. The molecule has 1 aromatic carbocycles. The molecule has 1 aliphatic heterocycles. The number of carbonyl (C=O) groups is 1. The number of benzene rings is 1. The van der Waals surface area contributed by atoms with Gasteiger partial charge in [0.1, 0.15) is 5.82 Å². The molecule has 1 saturated heterocycles. The fraction of sp³-hybridized carbons (Fsp3) is 0.389. The molecule has 3 rings (SSSR count). The van der Waals surface area contributed by atoms with Crippen molar-refractivity contribution in [3.05, 3.63) is 47.0 Å². The van der Waals surface area contributed by atoms with E-state index in [0.29, 0.717) is 17.2 Å². The minimum Gasteiger partial charge on any atom is -0.376 e. The lowest BCUT2D eigenvalue weighted by Crippen LogP contribution is -2.19. The van der Waals surface area contributed by atoms with Crippen molar-refractivity contribution in [3.63, 3.8) is 0 Å².